The number of amides is 1. The van der Waals surface area contributed by atoms with Gasteiger partial charge in [0.25, 0.3) is 0 Å². The number of halogens is 3. The summed E-state index contributed by atoms with van der Waals surface area (Å²) in [4.78, 5) is 21.2. The van der Waals surface area contributed by atoms with Crippen molar-refractivity contribution >= 4 is 46.4 Å². The summed E-state index contributed by atoms with van der Waals surface area (Å²) < 4.78 is 0. The van der Waals surface area contributed by atoms with Crippen LogP contribution in [0, 0.1) is 0 Å². The largest absolute Gasteiger partial charge is 0.360 e. The molecule has 0 N–H and O–H groups in total. The van der Waals surface area contributed by atoms with Crippen molar-refractivity contribution in [3.8, 4) is 0 Å². The number of benzene rings is 2. The average Bonchev–Trinajstić information content (AvgIpc) is 2.75. The topological polar surface area (TPSA) is 36.4 Å². The smallest absolute Gasteiger partial charge is 0.227 e. The maximum Gasteiger partial charge on any atom is 0.227 e. The van der Waals surface area contributed by atoms with E-state index in [0.717, 1.165) is 16.8 Å². The van der Waals surface area contributed by atoms with Crippen LogP contribution in [0.3, 0.4) is 0 Å². The van der Waals surface area contributed by atoms with E-state index in [1.807, 2.05) is 53.4 Å². The Morgan fingerprint density at radius 1 is 1.00 bits per heavy atom. The molecular weight excluding hydrogens is 441 g/mol. The molecule has 1 unspecified atom stereocenters. The Hall–Kier alpha value is -2.27. The van der Waals surface area contributed by atoms with E-state index in [-0.39, 0.29) is 11.9 Å². The molecule has 1 amide bonds. The Kier molecular flexibility index (Phi) is 6.47. The zero-order valence-electron chi connectivity index (χ0n) is 16.1. The van der Waals surface area contributed by atoms with E-state index in [2.05, 4.69) is 9.88 Å². The lowest BCUT2D eigenvalue weighted by atomic mass is 10.0. The fraction of sp³-hybridized carbons (Fsp3) is 0.217. The van der Waals surface area contributed by atoms with E-state index in [9.17, 15) is 4.79 Å². The van der Waals surface area contributed by atoms with Gasteiger partial charge in [0, 0.05) is 42.1 Å². The van der Waals surface area contributed by atoms with Crippen LogP contribution in [0.25, 0.3) is 0 Å². The zero-order chi connectivity index (χ0) is 21.1. The molecule has 0 aliphatic carbocycles. The molecule has 2 aromatic carbocycles. The van der Waals surface area contributed by atoms with Crippen LogP contribution in [0.15, 0.2) is 67.0 Å². The quantitative estimate of drug-likeness (QED) is 0.503. The van der Waals surface area contributed by atoms with Crippen molar-refractivity contribution in [1.29, 1.82) is 0 Å². The summed E-state index contributed by atoms with van der Waals surface area (Å²) in [6.45, 7) is 1.83. The van der Waals surface area contributed by atoms with Crippen molar-refractivity contribution in [1.82, 2.24) is 9.88 Å². The van der Waals surface area contributed by atoms with Crippen molar-refractivity contribution in [2.75, 3.05) is 24.5 Å². The molecule has 3 aromatic rings. The first-order valence-corrected chi connectivity index (χ1v) is 10.8. The first-order valence-electron chi connectivity index (χ1n) is 9.65. The van der Waals surface area contributed by atoms with Crippen molar-refractivity contribution in [3.63, 3.8) is 0 Å². The number of carbonyl (C=O) groups is 1. The second-order valence-corrected chi connectivity index (χ2v) is 8.51. The van der Waals surface area contributed by atoms with Crippen molar-refractivity contribution in [2.45, 2.75) is 12.5 Å². The van der Waals surface area contributed by atoms with Crippen LogP contribution in [0.2, 0.25) is 15.1 Å². The monoisotopic (exact) mass is 459 g/mol. The lowest BCUT2D eigenvalue weighted by Gasteiger charge is -2.43. The SMILES string of the molecule is O=C(Cc1cccnc1)N1CCN(c2ccc(Cl)cc2Cl)C(c2ccc(Cl)cc2)C1. The number of aromatic nitrogens is 1. The molecule has 4 nitrogen and oxygen atoms in total. The number of piperazine rings is 1. The second-order valence-electron chi connectivity index (χ2n) is 7.23. The molecule has 0 saturated carbocycles. The number of pyridine rings is 1. The predicted octanol–water partition coefficient (Wildman–Crippen LogP) is 5.67. The summed E-state index contributed by atoms with van der Waals surface area (Å²) in [6.07, 6.45) is 3.78. The minimum absolute atomic E-state index is 0.0486. The van der Waals surface area contributed by atoms with Gasteiger partial charge in [-0.3, -0.25) is 9.78 Å². The molecule has 1 aliphatic rings. The Bertz CT molecular complexity index is 1030. The molecule has 2 heterocycles. The van der Waals surface area contributed by atoms with Gasteiger partial charge in [0.05, 0.1) is 23.2 Å². The molecule has 1 fully saturated rings. The third-order valence-corrected chi connectivity index (χ3v) is 6.07. The summed E-state index contributed by atoms with van der Waals surface area (Å²) in [7, 11) is 0. The van der Waals surface area contributed by atoms with Crippen LogP contribution >= 0.6 is 34.8 Å². The van der Waals surface area contributed by atoms with E-state index in [1.54, 1.807) is 18.5 Å². The fourth-order valence-electron chi connectivity index (χ4n) is 3.77. The van der Waals surface area contributed by atoms with Crippen LogP contribution in [-0.4, -0.2) is 35.4 Å². The summed E-state index contributed by atoms with van der Waals surface area (Å²) >= 11 is 18.7. The summed E-state index contributed by atoms with van der Waals surface area (Å²) in [5, 5.41) is 1.86. The van der Waals surface area contributed by atoms with Crippen LogP contribution in [0.5, 0.6) is 0 Å². The van der Waals surface area contributed by atoms with Gasteiger partial charge in [0.2, 0.25) is 5.91 Å². The van der Waals surface area contributed by atoms with Gasteiger partial charge in [0.15, 0.2) is 0 Å². The Morgan fingerprint density at radius 3 is 2.47 bits per heavy atom. The molecule has 30 heavy (non-hydrogen) atoms. The molecule has 1 saturated heterocycles. The average molecular weight is 461 g/mol. The van der Waals surface area contributed by atoms with Gasteiger partial charge < -0.3 is 9.80 Å². The molecule has 7 heteroatoms. The molecule has 154 valence electrons. The highest BCUT2D eigenvalue weighted by atomic mass is 35.5. The number of carbonyl (C=O) groups excluding carboxylic acids is 1. The standard InChI is InChI=1S/C23H20Cl3N3O/c24-18-5-3-17(4-6-18)22-15-28(23(30)12-16-2-1-9-27-14-16)10-11-29(22)21-8-7-19(25)13-20(21)26/h1-9,13-14,22H,10-12,15H2. The number of rotatable bonds is 4. The van der Waals surface area contributed by atoms with Gasteiger partial charge in [-0.2, -0.15) is 0 Å². The summed E-state index contributed by atoms with van der Waals surface area (Å²) in [5.41, 5.74) is 2.89. The van der Waals surface area contributed by atoms with Crippen LogP contribution in [0.4, 0.5) is 5.69 Å². The van der Waals surface area contributed by atoms with Gasteiger partial charge in [-0.15, -0.1) is 0 Å². The summed E-state index contributed by atoms with van der Waals surface area (Å²) in [6, 6.07) is 17.0. The summed E-state index contributed by atoms with van der Waals surface area (Å²) in [5.74, 6) is 0.0869. The van der Waals surface area contributed by atoms with E-state index in [1.165, 1.54) is 0 Å². The first-order chi connectivity index (χ1) is 14.5. The molecule has 1 aromatic heterocycles. The minimum atomic E-state index is -0.0486. The van der Waals surface area contributed by atoms with Gasteiger partial charge >= 0.3 is 0 Å². The number of hydrogen-bond donors (Lipinski definition) is 0. The highest BCUT2D eigenvalue weighted by Gasteiger charge is 2.31. The molecule has 1 aliphatic heterocycles. The normalized spacial score (nSPS) is 16.6. The van der Waals surface area contributed by atoms with E-state index >= 15 is 0 Å². The van der Waals surface area contributed by atoms with E-state index in [0.29, 0.717) is 41.1 Å². The first kappa shape index (κ1) is 21.0. The molecular formula is C23H20Cl3N3O. The van der Waals surface area contributed by atoms with Crippen molar-refractivity contribution in [2.24, 2.45) is 0 Å². The third-order valence-electron chi connectivity index (χ3n) is 5.29. The fourth-order valence-corrected chi connectivity index (χ4v) is 4.41. The van der Waals surface area contributed by atoms with E-state index in [4.69, 9.17) is 34.8 Å². The Balaban J connectivity index is 1.61. The van der Waals surface area contributed by atoms with Crippen LogP contribution in [0.1, 0.15) is 17.2 Å². The second kappa shape index (κ2) is 9.25. The molecule has 0 spiro atoms. The maximum atomic E-state index is 13.0. The van der Waals surface area contributed by atoms with Gasteiger partial charge in [-0.25, -0.2) is 0 Å². The van der Waals surface area contributed by atoms with Gasteiger partial charge in [0.1, 0.15) is 0 Å². The maximum absolute atomic E-state index is 13.0. The van der Waals surface area contributed by atoms with Crippen molar-refractivity contribution in [3.05, 3.63) is 93.2 Å². The molecule has 0 radical (unpaired) electrons. The Labute approximate surface area is 191 Å². The lowest BCUT2D eigenvalue weighted by molar-refractivity contribution is -0.131. The van der Waals surface area contributed by atoms with Crippen LogP contribution in [-0.2, 0) is 11.2 Å². The third kappa shape index (κ3) is 4.72. The van der Waals surface area contributed by atoms with Crippen molar-refractivity contribution < 1.29 is 4.79 Å². The molecule has 0 bridgehead atoms. The molecule has 1 atom stereocenters. The predicted molar refractivity (Wildman–Crippen MR) is 123 cm³/mol. The molecule has 4 rings (SSSR count). The highest BCUT2D eigenvalue weighted by Crippen LogP contribution is 2.36. The minimum Gasteiger partial charge on any atom is -0.360 e. The Morgan fingerprint density at radius 2 is 1.77 bits per heavy atom. The van der Waals surface area contributed by atoms with Gasteiger partial charge in [-0.05, 0) is 47.5 Å². The number of anilines is 1. The van der Waals surface area contributed by atoms with Crippen LogP contribution < -0.4 is 4.90 Å². The van der Waals surface area contributed by atoms with E-state index < -0.39 is 0 Å². The van der Waals surface area contributed by atoms with Gasteiger partial charge in [-0.1, -0.05) is 53.0 Å². The lowest BCUT2D eigenvalue weighted by Crippen LogP contribution is -2.51. The number of nitrogens with zero attached hydrogens (tertiary/aromatic N) is 3. The highest BCUT2D eigenvalue weighted by molar-refractivity contribution is 6.36. The zero-order valence-corrected chi connectivity index (χ0v) is 18.4. The number of hydrogen-bond acceptors (Lipinski definition) is 3.